The van der Waals surface area contributed by atoms with Crippen LogP contribution < -0.4 is 0 Å². The summed E-state index contributed by atoms with van der Waals surface area (Å²) in [4.78, 5) is 35.4. The number of rotatable bonds is 3. The van der Waals surface area contributed by atoms with Crippen molar-refractivity contribution >= 4 is 41.0 Å². The molecule has 0 atom stereocenters. The number of carbonyl (C=O) groups excluding carboxylic acids is 1. The van der Waals surface area contributed by atoms with E-state index in [9.17, 15) is 4.79 Å². The highest BCUT2D eigenvalue weighted by Crippen LogP contribution is 2.26. The monoisotopic (exact) mass is 458 g/mol. The van der Waals surface area contributed by atoms with Crippen LogP contribution in [-0.4, -0.2) is 64.0 Å². The third kappa shape index (κ3) is 7.45. The maximum atomic E-state index is 12.7. The van der Waals surface area contributed by atoms with Crippen molar-refractivity contribution in [1.82, 2.24) is 9.80 Å². The van der Waals surface area contributed by atoms with Crippen molar-refractivity contribution in [2.45, 2.75) is 39.2 Å². The van der Waals surface area contributed by atoms with Crippen molar-refractivity contribution in [2.24, 2.45) is 11.8 Å². The molecular formula is C21H28Cl2N2O5. The number of amides is 1. The average molecular weight is 459 g/mol. The van der Waals surface area contributed by atoms with Gasteiger partial charge in [-0.25, -0.2) is 9.59 Å². The van der Waals surface area contributed by atoms with Crippen molar-refractivity contribution in [3.05, 3.63) is 33.8 Å². The van der Waals surface area contributed by atoms with E-state index in [-0.39, 0.29) is 5.92 Å². The molecule has 0 aromatic heterocycles. The zero-order valence-electron chi connectivity index (χ0n) is 17.0. The number of likely N-dealkylation sites (tertiary alicyclic amines) is 2. The Kier molecular flexibility index (Phi) is 9.39. The minimum absolute atomic E-state index is 0.212. The number of carboxylic acids is 2. The normalized spacial score (nSPS) is 18.4. The van der Waals surface area contributed by atoms with Gasteiger partial charge < -0.3 is 15.1 Å². The summed E-state index contributed by atoms with van der Waals surface area (Å²) in [6.45, 7) is 7.00. The van der Waals surface area contributed by atoms with E-state index in [0.717, 1.165) is 64.3 Å². The van der Waals surface area contributed by atoms with Gasteiger partial charge in [0.05, 0.1) is 10.0 Å². The molecule has 9 heteroatoms. The molecule has 1 amide bonds. The van der Waals surface area contributed by atoms with E-state index in [1.165, 1.54) is 5.56 Å². The Labute approximate surface area is 186 Å². The standard InChI is InChI=1S/C19H26Cl2N2O.C2H2O4/c1-14-4-10-23(11-5-14)19(24)16-6-8-22(9-7-16)13-15-2-3-17(20)18(21)12-15;3-1(4)2(5)6/h2-3,12,14,16H,4-11,13H2,1H3;(H,3,4)(H,5,6). The van der Waals surface area contributed by atoms with Crippen LogP contribution in [0.2, 0.25) is 10.0 Å². The van der Waals surface area contributed by atoms with E-state index < -0.39 is 11.9 Å². The zero-order valence-corrected chi connectivity index (χ0v) is 18.5. The molecule has 0 saturated carbocycles. The largest absolute Gasteiger partial charge is 0.473 e. The van der Waals surface area contributed by atoms with E-state index in [4.69, 9.17) is 43.0 Å². The fourth-order valence-electron chi connectivity index (χ4n) is 3.72. The second-order valence-electron chi connectivity index (χ2n) is 7.92. The van der Waals surface area contributed by atoms with E-state index in [0.29, 0.717) is 16.0 Å². The molecule has 3 rings (SSSR count). The molecule has 2 aliphatic rings. The molecule has 2 saturated heterocycles. The molecule has 1 aromatic rings. The third-order valence-electron chi connectivity index (χ3n) is 5.61. The molecule has 0 spiro atoms. The van der Waals surface area contributed by atoms with Gasteiger partial charge in [0.1, 0.15) is 0 Å². The summed E-state index contributed by atoms with van der Waals surface area (Å²) in [5, 5.41) is 16.0. The molecule has 30 heavy (non-hydrogen) atoms. The summed E-state index contributed by atoms with van der Waals surface area (Å²) in [6.07, 6.45) is 4.24. The van der Waals surface area contributed by atoms with E-state index in [1.807, 2.05) is 18.2 Å². The quantitative estimate of drug-likeness (QED) is 0.671. The van der Waals surface area contributed by atoms with Gasteiger partial charge in [0.15, 0.2) is 0 Å². The maximum Gasteiger partial charge on any atom is 0.414 e. The zero-order chi connectivity index (χ0) is 22.3. The number of piperidine rings is 2. The smallest absolute Gasteiger partial charge is 0.414 e. The fraction of sp³-hybridized carbons (Fsp3) is 0.571. The first-order valence-corrected chi connectivity index (χ1v) is 10.8. The Bertz CT molecular complexity index is 746. The number of benzene rings is 1. The molecule has 1 aromatic carbocycles. The van der Waals surface area contributed by atoms with Crippen LogP contribution in [0.25, 0.3) is 0 Å². The van der Waals surface area contributed by atoms with Gasteiger partial charge in [0.2, 0.25) is 5.91 Å². The van der Waals surface area contributed by atoms with Crippen molar-refractivity contribution in [1.29, 1.82) is 0 Å². The topological polar surface area (TPSA) is 98.2 Å². The van der Waals surface area contributed by atoms with Gasteiger partial charge in [-0.2, -0.15) is 0 Å². The predicted molar refractivity (Wildman–Crippen MR) is 115 cm³/mol. The van der Waals surface area contributed by atoms with Gasteiger partial charge in [0, 0.05) is 25.6 Å². The van der Waals surface area contributed by atoms with Gasteiger partial charge in [-0.05, 0) is 62.4 Å². The number of carbonyl (C=O) groups is 3. The van der Waals surface area contributed by atoms with Crippen LogP contribution in [0.4, 0.5) is 0 Å². The Morgan fingerprint density at radius 3 is 2.00 bits per heavy atom. The van der Waals surface area contributed by atoms with Crippen molar-refractivity contribution in [3.8, 4) is 0 Å². The van der Waals surface area contributed by atoms with Crippen LogP contribution in [-0.2, 0) is 20.9 Å². The van der Waals surface area contributed by atoms with Crippen LogP contribution in [0.5, 0.6) is 0 Å². The number of nitrogens with zero attached hydrogens (tertiary/aromatic N) is 2. The molecule has 2 N–H and O–H groups in total. The number of aliphatic carboxylic acids is 2. The van der Waals surface area contributed by atoms with Crippen LogP contribution in [0.1, 0.15) is 38.2 Å². The minimum atomic E-state index is -1.82. The molecule has 166 valence electrons. The predicted octanol–water partition coefficient (Wildman–Crippen LogP) is 3.62. The van der Waals surface area contributed by atoms with Crippen molar-refractivity contribution in [2.75, 3.05) is 26.2 Å². The molecule has 0 bridgehead atoms. The molecule has 0 unspecified atom stereocenters. The summed E-state index contributed by atoms with van der Waals surface area (Å²) in [7, 11) is 0. The lowest BCUT2D eigenvalue weighted by Gasteiger charge is -2.36. The average Bonchev–Trinajstić information content (AvgIpc) is 2.72. The number of hydrogen-bond acceptors (Lipinski definition) is 4. The van der Waals surface area contributed by atoms with Gasteiger partial charge in [-0.15, -0.1) is 0 Å². The van der Waals surface area contributed by atoms with Crippen LogP contribution in [0.15, 0.2) is 18.2 Å². The molecule has 2 aliphatic heterocycles. The highest BCUT2D eigenvalue weighted by Gasteiger charge is 2.30. The number of halogens is 2. The van der Waals surface area contributed by atoms with Crippen LogP contribution >= 0.6 is 23.2 Å². The molecule has 0 aliphatic carbocycles. The van der Waals surface area contributed by atoms with E-state index in [2.05, 4.69) is 16.7 Å². The lowest BCUT2D eigenvalue weighted by Crippen LogP contribution is -2.45. The van der Waals surface area contributed by atoms with Gasteiger partial charge in [-0.1, -0.05) is 36.2 Å². The first kappa shape index (κ1) is 24.4. The fourth-order valence-corrected chi connectivity index (χ4v) is 4.04. The number of carboxylic acid groups (broad SMARTS) is 2. The molecule has 2 heterocycles. The highest BCUT2D eigenvalue weighted by atomic mass is 35.5. The van der Waals surface area contributed by atoms with Crippen LogP contribution in [0.3, 0.4) is 0 Å². The van der Waals surface area contributed by atoms with Crippen molar-refractivity contribution in [3.63, 3.8) is 0 Å². The van der Waals surface area contributed by atoms with Crippen molar-refractivity contribution < 1.29 is 24.6 Å². The van der Waals surface area contributed by atoms with Gasteiger partial charge >= 0.3 is 11.9 Å². The Morgan fingerprint density at radius 1 is 0.933 bits per heavy atom. The highest BCUT2D eigenvalue weighted by molar-refractivity contribution is 6.42. The minimum Gasteiger partial charge on any atom is -0.473 e. The first-order valence-electron chi connectivity index (χ1n) is 10.1. The molecule has 7 nitrogen and oxygen atoms in total. The lowest BCUT2D eigenvalue weighted by atomic mass is 9.92. The molecular weight excluding hydrogens is 431 g/mol. The Balaban J connectivity index is 0.000000469. The molecule has 0 radical (unpaired) electrons. The van der Waals surface area contributed by atoms with E-state index in [1.54, 1.807) is 0 Å². The molecule has 2 fully saturated rings. The summed E-state index contributed by atoms with van der Waals surface area (Å²) in [5.41, 5.74) is 1.18. The number of hydrogen-bond donors (Lipinski definition) is 2. The summed E-state index contributed by atoms with van der Waals surface area (Å²) < 4.78 is 0. The SMILES string of the molecule is CC1CCN(C(=O)C2CCN(Cc3ccc(Cl)c(Cl)c3)CC2)CC1.O=C(O)C(=O)O. The summed E-state index contributed by atoms with van der Waals surface area (Å²) in [5.74, 6) is -2.29. The third-order valence-corrected chi connectivity index (χ3v) is 6.34. The summed E-state index contributed by atoms with van der Waals surface area (Å²) >= 11 is 12.1. The van der Waals surface area contributed by atoms with Crippen LogP contribution in [0, 0.1) is 11.8 Å². The second kappa shape index (κ2) is 11.5. The Morgan fingerprint density at radius 2 is 1.50 bits per heavy atom. The maximum absolute atomic E-state index is 12.7. The lowest BCUT2D eigenvalue weighted by molar-refractivity contribution is -0.159. The van der Waals surface area contributed by atoms with Gasteiger partial charge in [0.25, 0.3) is 0 Å². The second-order valence-corrected chi connectivity index (χ2v) is 8.73. The van der Waals surface area contributed by atoms with Gasteiger partial charge in [-0.3, -0.25) is 9.69 Å². The summed E-state index contributed by atoms with van der Waals surface area (Å²) in [6, 6.07) is 5.82. The van der Waals surface area contributed by atoms with E-state index >= 15 is 0 Å². The Hall–Kier alpha value is -1.83. The first-order chi connectivity index (χ1) is 14.2.